The predicted octanol–water partition coefficient (Wildman–Crippen LogP) is 3.40. The van der Waals surface area contributed by atoms with Crippen LogP contribution in [0.1, 0.15) is 26.3 Å². The molecule has 0 aliphatic heterocycles. The summed E-state index contributed by atoms with van der Waals surface area (Å²) in [5.41, 5.74) is 1.19. The van der Waals surface area contributed by atoms with Crippen molar-refractivity contribution in [3.05, 3.63) is 28.2 Å². The van der Waals surface area contributed by atoms with Gasteiger partial charge in [-0.2, -0.15) is 0 Å². The lowest BCUT2D eigenvalue weighted by Gasteiger charge is -2.12. The van der Waals surface area contributed by atoms with Crippen LogP contribution in [0.5, 0.6) is 5.75 Å². The van der Waals surface area contributed by atoms with E-state index in [1.54, 1.807) is 0 Å². The van der Waals surface area contributed by atoms with Crippen LogP contribution in [0.15, 0.2) is 22.7 Å². The summed E-state index contributed by atoms with van der Waals surface area (Å²) in [6.07, 6.45) is 0.871. The van der Waals surface area contributed by atoms with E-state index < -0.39 is 0 Å². The fourth-order valence-corrected chi connectivity index (χ4v) is 2.15. The molecule has 0 aliphatic rings. The molecule has 1 aromatic rings. The Morgan fingerprint density at radius 1 is 1.26 bits per heavy atom. The minimum atomic E-state index is 0.512. The highest BCUT2D eigenvalue weighted by Gasteiger charge is 2.04. The molecule has 0 bridgehead atoms. The molecule has 3 nitrogen and oxygen atoms in total. The zero-order chi connectivity index (χ0) is 14.1. The fourth-order valence-electron chi connectivity index (χ4n) is 1.74. The molecule has 4 heteroatoms. The van der Waals surface area contributed by atoms with Gasteiger partial charge in [0.2, 0.25) is 0 Å². The lowest BCUT2D eigenvalue weighted by atomic mass is 10.1. The Bertz CT molecular complexity index is 369. The Kier molecular flexibility index (Phi) is 8.10. The maximum atomic E-state index is 5.63. The van der Waals surface area contributed by atoms with Gasteiger partial charge in [0.15, 0.2) is 0 Å². The van der Waals surface area contributed by atoms with Gasteiger partial charge in [-0.15, -0.1) is 0 Å². The second-order valence-corrected chi connectivity index (χ2v) is 5.57. The Labute approximate surface area is 124 Å². The van der Waals surface area contributed by atoms with Crippen molar-refractivity contribution in [2.45, 2.75) is 33.2 Å². The van der Waals surface area contributed by atoms with Gasteiger partial charge in [-0.3, -0.25) is 0 Å². The summed E-state index contributed by atoms with van der Waals surface area (Å²) < 4.78 is 12.3. The number of hydrogen-bond donors (Lipinski definition) is 1. The van der Waals surface area contributed by atoms with Crippen LogP contribution in [0, 0.1) is 0 Å². The van der Waals surface area contributed by atoms with Crippen LogP contribution >= 0.6 is 15.9 Å². The summed E-state index contributed by atoms with van der Waals surface area (Å²) in [5.74, 6) is 0.953. The molecule has 0 amide bonds. The molecule has 0 spiro atoms. The molecular formula is C15H24BrNO2. The molecule has 0 saturated heterocycles. The lowest BCUT2D eigenvalue weighted by molar-refractivity contribution is 0.137. The van der Waals surface area contributed by atoms with Gasteiger partial charge < -0.3 is 14.8 Å². The van der Waals surface area contributed by atoms with Crippen molar-refractivity contribution in [3.63, 3.8) is 0 Å². The van der Waals surface area contributed by atoms with E-state index in [1.165, 1.54) is 5.56 Å². The maximum Gasteiger partial charge on any atom is 0.122 e. The van der Waals surface area contributed by atoms with E-state index in [0.29, 0.717) is 12.6 Å². The summed E-state index contributed by atoms with van der Waals surface area (Å²) in [7, 11) is 0. The van der Waals surface area contributed by atoms with E-state index in [-0.39, 0.29) is 0 Å². The van der Waals surface area contributed by atoms with Crippen LogP contribution in [-0.2, 0) is 11.2 Å². The van der Waals surface area contributed by atoms with Crippen LogP contribution in [0.4, 0.5) is 0 Å². The summed E-state index contributed by atoms with van der Waals surface area (Å²) in [5, 5.41) is 3.33. The third kappa shape index (κ3) is 6.95. The Morgan fingerprint density at radius 3 is 2.74 bits per heavy atom. The van der Waals surface area contributed by atoms with Crippen molar-refractivity contribution >= 4 is 15.9 Å². The first-order valence-electron chi connectivity index (χ1n) is 6.85. The topological polar surface area (TPSA) is 30.5 Å². The van der Waals surface area contributed by atoms with Crippen molar-refractivity contribution < 1.29 is 9.47 Å². The highest BCUT2D eigenvalue weighted by atomic mass is 79.9. The third-order valence-electron chi connectivity index (χ3n) is 2.64. The van der Waals surface area contributed by atoms with E-state index in [0.717, 1.165) is 36.4 Å². The third-order valence-corrected chi connectivity index (χ3v) is 3.13. The van der Waals surface area contributed by atoms with Crippen LogP contribution in [-0.4, -0.2) is 32.4 Å². The van der Waals surface area contributed by atoms with E-state index in [1.807, 2.05) is 19.1 Å². The van der Waals surface area contributed by atoms with E-state index in [9.17, 15) is 0 Å². The van der Waals surface area contributed by atoms with Gasteiger partial charge in [0.25, 0.3) is 0 Å². The van der Waals surface area contributed by atoms with Crippen LogP contribution in [0.3, 0.4) is 0 Å². The van der Waals surface area contributed by atoms with Crippen LogP contribution < -0.4 is 10.1 Å². The number of halogens is 1. The fraction of sp³-hybridized carbons (Fsp3) is 0.600. The minimum absolute atomic E-state index is 0.512. The molecule has 1 rings (SSSR count). The Morgan fingerprint density at radius 2 is 2.05 bits per heavy atom. The molecular weight excluding hydrogens is 306 g/mol. The van der Waals surface area contributed by atoms with E-state index in [4.69, 9.17) is 9.47 Å². The van der Waals surface area contributed by atoms with Crippen molar-refractivity contribution in [1.29, 1.82) is 0 Å². The van der Waals surface area contributed by atoms with Crippen molar-refractivity contribution in [1.82, 2.24) is 5.32 Å². The molecule has 0 atom stereocenters. The highest BCUT2D eigenvalue weighted by Crippen LogP contribution is 2.23. The quantitative estimate of drug-likeness (QED) is 0.704. The number of benzene rings is 1. The molecule has 0 aromatic heterocycles. The predicted molar refractivity (Wildman–Crippen MR) is 83.0 cm³/mol. The average Bonchev–Trinajstić information content (AvgIpc) is 2.36. The SMILES string of the molecule is CCOc1ccc(Br)cc1CCOCCNC(C)C. The van der Waals surface area contributed by atoms with Gasteiger partial charge in [0.1, 0.15) is 5.75 Å². The number of nitrogens with one attached hydrogen (secondary N) is 1. The number of ether oxygens (including phenoxy) is 2. The molecule has 0 aliphatic carbocycles. The summed E-state index contributed by atoms with van der Waals surface area (Å²) in [4.78, 5) is 0. The monoisotopic (exact) mass is 329 g/mol. The summed E-state index contributed by atoms with van der Waals surface area (Å²) >= 11 is 3.49. The maximum absolute atomic E-state index is 5.63. The number of hydrogen-bond acceptors (Lipinski definition) is 3. The van der Waals surface area contributed by atoms with Gasteiger partial charge in [-0.1, -0.05) is 29.8 Å². The van der Waals surface area contributed by atoms with Crippen molar-refractivity contribution in [2.75, 3.05) is 26.4 Å². The Balaban J connectivity index is 2.33. The highest BCUT2D eigenvalue weighted by molar-refractivity contribution is 9.10. The zero-order valence-electron chi connectivity index (χ0n) is 12.0. The van der Waals surface area contributed by atoms with Crippen LogP contribution in [0.25, 0.3) is 0 Å². The van der Waals surface area contributed by atoms with Gasteiger partial charge in [0, 0.05) is 17.1 Å². The minimum Gasteiger partial charge on any atom is -0.494 e. The molecule has 0 radical (unpaired) electrons. The summed E-state index contributed by atoms with van der Waals surface area (Å²) in [6, 6.07) is 6.62. The standard InChI is InChI=1S/C15H24BrNO2/c1-4-19-15-6-5-14(16)11-13(15)7-9-18-10-8-17-12(2)3/h5-6,11-12,17H,4,7-10H2,1-3H3. The van der Waals surface area contributed by atoms with Gasteiger partial charge in [-0.05, 0) is 37.1 Å². The average molecular weight is 330 g/mol. The smallest absolute Gasteiger partial charge is 0.122 e. The molecule has 0 saturated carbocycles. The molecule has 0 unspecified atom stereocenters. The Hall–Kier alpha value is -0.580. The zero-order valence-corrected chi connectivity index (χ0v) is 13.6. The van der Waals surface area contributed by atoms with Crippen molar-refractivity contribution in [3.8, 4) is 5.75 Å². The second-order valence-electron chi connectivity index (χ2n) is 4.66. The van der Waals surface area contributed by atoms with Gasteiger partial charge in [0.05, 0.1) is 19.8 Å². The summed E-state index contributed by atoms with van der Waals surface area (Å²) in [6.45, 7) is 9.32. The van der Waals surface area contributed by atoms with Gasteiger partial charge in [-0.25, -0.2) is 0 Å². The first-order valence-corrected chi connectivity index (χ1v) is 7.65. The van der Waals surface area contributed by atoms with E-state index >= 15 is 0 Å². The molecule has 1 aromatic carbocycles. The van der Waals surface area contributed by atoms with Gasteiger partial charge >= 0.3 is 0 Å². The molecule has 0 heterocycles. The normalized spacial score (nSPS) is 11.0. The number of rotatable bonds is 9. The van der Waals surface area contributed by atoms with E-state index in [2.05, 4.69) is 41.2 Å². The van der Waals surface area contributed by atoms with Crippen LogP contribution in [0.2, 0.25) is 0 Å². The first-order chi connectivity index (χ1) is 9.13. The second kappa shape index (κ2) is 9.34. The molecule has 19 heavy (non-hydrogen) atoms. The molecule has 0 fully saturated rings. The lowest BCUT2D eigenvalue weighted by Crippen LogP contribution is -2.26. The van der Waals surface area contributed by atoms with Crippen molar-refractivity contribution in [2.24, 2.45) is 0 Å². The molecule has 1 N–H and O–H groups in total. The molecule has 108 valence electrons. The largest absolute Gasteiger partial charge is 0.494 e. The first kappa shape index (κ1) is 16.5.